The van der Waals surface area contributed by atoms with Crippen LogP contribution < -0.4 is 10.2 Å². The fourth-order valence-corrected chi connectivity index (χ4v) is 3.15. The zero-order chi connectivity index (χ0) is 17.0. The lowest BCUT2D eigenvalue weighted by atomic mass is 9.85. The number of ether oxygens (including phenoxy) is 1. The molecule has 0 saturated heterocycles. The van der Waals surface area contributed by atoms with Crippen LogP contribution in [0.2, 0.25) is 0 Å². The molecule has 0 fully saturated rings. The molecule has 1 aromatic rings. The molecular weight excluding hydrogens is 403 g/mol. The molecule has 0 aromatic heterocycles. The number of allylic oxidation sites excluding steroid dienone is 3. The number of amides is 1. The van der Waals surface area contributed by atoms with Gasteiger partial charge in [-0.05, 0) is 79.0 Å². The maximum atomic E-state index is 12.3. The largest absolute Gasteiger partial charge is 0.496 e. The van der Waals surface area contributed by atoms with E-state index in [0.717, 1.165) is 39.0 Å². The summed E-state index contributed by atoms with van der Waals surface area (Å²) in [6.07, 6.45) is 3.97. The number of nitrogens with zero attached hydrogens (tertiary/aromatic N) is 1. The molecule has 23 heavy (non-hydrogen) atoms. The number of benzene rings is 1. The molecule has 0 aliphatic heterocycles. The lowest BCUT2D eigenvalue weighted by Gasteiger charge is -2.22. The van der Waals surface area contributed by atoms with E-state index in [9.17, 15) is 4.79 Å². The van der Waals surface area contributed by atoms with E-state index in [0.29, 0.717) is 11.5 Å². The van der Waals surface area contributed by atoms with Crippen molar-refractivity contribution in [3.05, 3.63) is 51.1 Å². The highest BCUT2D eigenvalue weighted by Gasteiger charge is 2.19. The summed E-state index contributed by atoms with van der Waals surface area (Å²) in [7, 11) is 1.61. The van der Waals surface area contributed by atoms with Crippen molar-refractivity contribution in [2.24, 2.45) is 11.0 Å². The van der Waals surface area contributed by atoms with Gasteiger partial charge in [0.25, 0.3) is 5.91 Å². The molecule has 122 valence electrons. The van der Waals surface area contributed by atoms with Gasteiger partial charge in [0.15, 0.2) is 0 Å². The maximum absolute atomic E-state index is 12.3. The number of halogens is 1. The number of hydrogen-bond donors (Lipinski definition) is 1. The van der Waals surface area contributed by atoms with Crippen LogP contribution in [-0.4, -0.2) is 18.7 Å². The van der Waals surface area contributed by atoms with E-state index in [1.54, 1.807) is 25.3 Å². The van der Waals surface area contributed by atoms with E-state index < -0.39 is 0 Å². The van der Waals surface area contributed by atoms with Crippen LogP contribution >= 0.6 is 22.6 Å². The summed E-state index contributed by atoms with van der Waals surface area (Å²) in [4.78, 5) is 12.3. The van der Waals surface area contributed by atoms with Crippen molar-refractivity contribution in [2.45, 2.75) is 26.7 Å². The number of hydrazone groups is 1. The van der Waals surface area contributed by atoms with Crippen molar-refractivity contribution in [3.63, 3.8) is 0 Å². The Hall–Kier alpha value is -1.63. The van der Waals surface area contributed by atoms with Crippen molar-refractivity contribution in [1.29, 1.82) is 0 Å². The van der Waals surface area contributed by atoms with Gasteiger partial charge >= 0.3 is 0 Å². The minimum absolute atomic E-state index is 0.219. The molecule has 1 amide bonds. The summed E-state index contributed by atoms with van der Waals surface area (Å²) in [6, 6.07) is 5.30. The predicted octanol–water partition coefficient (Wildman–Crippen LogP) is 4.32. The zero-order valence-corrected chi connectivity index (χ0v) is 15.8. The van der Waals surface area contributed by atoms with Crippen LogP contribution in [0.4, 0.5) is 0 Å². The topological polar surface area (TPSA) is 50.7 Å². The highest BCUT2D eigenvalue weighted by molar-refractivity contribution is 14.1. The Labute approximate surface area is 150 Å². The van der Waals surface area contributed by atoms with Gasteiger partial charge < -0.3 is 4.74 Å². The molecule has 0 spiro atoms. The van der Waals surface area contributed by atoms with Gasteiger partial charge in [0, 0.05) is 5.56 Å². The standard InChI is InChI=1S/C18H21IN2O2/c1-11(2)13-6-5-12(3)16(10-13)20-21-18(22)14-7-8-17(23-4)15(19)9-14/h5,7-9,13H,1,6,10H2,2-4H3,(H,21,22)/t13-/m0/s1. The zero-order valence-electron chi connectivity index (χ0n) is 13.6. The van der Waals surface area contributed by atoms with Crippen molar-refractivity contribution in [3.8, 4) is 5.75 Å². The highest BCUT2D eigenvalue weighted by atomic mass is 127. The average molecular weight is 424 g/mol. The highest BCUT2D eigenvalue weighted by Crippen LogP contribution is 2.26. The van der Waals surface area contributed by atoms with Crippen LogP contribution in [0.5, 0.6) is 5.75 Å². The molecule has 2 rings (SSSR count). The molecule has 1 N–H and O–H groups in total. The summed E-state index contributed by atoms with van der Waals surface area (Å²) in [5.74, 6) is 0.934. The summed E-state index contributed by atoms with van der Waals surface area (Å²) in [5, 5.41) is 4.32. The lowest BCUT2D eigenvalue weighted by Crippen LogP contribution is -2.23. The van der Waals surface area contributed by atoms with Crippen LogP contribution in [0.15, 0.2) is 47.1 Å². The van der Waals surface area contributed by atoms with Gasteiger partial charge in [0.1, 0.15) is 5.75 Å². The van der Waals surface area contributed by atoms with Crippen LogP contribution in [0.25, 0.3) is 0 Å². The molecule has 0 heterocycles. The van der Waals surface area contributed by atoms with E-state index in [2.05, 4.69) is 45.8 Å². The molecule has 1 aromatic carbocycles. The lowest BCUT2D eigenvalue weighted by molar-refractivity contribution is 0.0954. The number of methoxy groups -OCH3 is 1. The Morgan fingerprint density at radius 1 is 1.48 bits per heavy atom. The van der Waals surface area contributed by atoms with E-state index in [1.807, 2.05) is 13.8 Å². The van der Waals surface area contributed by atoms with E-state index in [-0.39, 0.29) is 5.91 Å². The van der Waals surface area contributed by atoms with Crippen molar-refractivity contribution < 1.29 is 9.53 Å². The van der Waals surface area contributed by atoms with Gasteiger partial charge in [-0.2, -0.15) is 5.10 Å². The first-order valence-corrected chi connectivity index (χ1v) is 8.53. The molecule has 1 atom stereocenters. The monoisotopic (exact) mass is 424 g/mol. The molecule has 0 radical (unpaired) electrons. The van der Waals surface area contributed by atoms with E-state index in [4.69, 9.17) is 4.74 Å². The Morgan fingerprint density at radius 2 is 2.22 bits per heavy atom. The summed E-state index contributed by atoms with van der Waals surface area (Å²) in [6.45, 7) is 8.08. The van der Waals surface area contributed by atoms with Crippen molar-refractivity contribution >= 4 is 34.2 Å². The molecule has 0 saturated carbocycles. The molecule has 0 bridgehead atoms. The molecule has 4 nitrogen and oxygen atoms in total. The summed E-state index contributed by atoms with van der Waals surface area (Å²) in [5.41, 5.74) is 6.41. The Balaban J connectivity index is 2.11. The van der Waals surface area contributed by atoms with Crippen molar-refractivity contribution in [1.82, 2.24) is 5.43 Å². The van der Waals surface area contributed by atoms with Gasteiger partial charge in [0.05, 0.1) is 16.4 Å². The first-order chi connectivity index (χ1) is 10.9. The smallest absolute Gasteiger partial charge is 0.271 e. The third-order valence-corrected chi connectivity index (χ3v) is 4.85. The van der Waals surface area contributed by atoms with Crippen LogP contribution in [-0.2, 0) is 0 Å². The van der Waals surface area contributed by atoms with Gasteiger partial charge in [-0.25, -0.2) is 5.43 Å². The summed E-state index contributed by atoms with van der Waals surface area (Å²) >= 11 is 2.14. The van der Waals surface area contributed by atoms with Gasteiger partial charge in [-0.1, -0.05) is 18.2 Å². The quantitative estimate of drug-likeness (QED) is 0.445. The minimum atomic E-state index is -0.219. The molecule has 1 aliphatic carbocycles. The number of carbonyl (C=O) groups excluding carboxylic acids is 1. The molecular formula is C18H21IN2O2. The first kappa shape index (κ1) is 17.7. The Bertz CT molecular complexity index is 692. The van der Waals surface area contributed by atoms with Gasteiger partial charge in [-0.3, -0.25) is 4.79 Å². The fourth-order valence-electron chi connectivity index (χ4n) is 2.41. The second-order valence-corrected chi connectivity index (χ2v) is 6.88. The third kappa shape index (κ3) is 4.43. The van der Waals surface area contributed by atoms with E-state index >= 15 is 0 Å². The van der Waals surface area contributed by atoms with Crippen molar-refractivity contribution in [2.75, 3.05) is 7.11 Å². The molecule has 1 aliphatic rings. The number of hydrogen-bond acceptors (Lipinski definition) is 3. The number of carbonyl (C=O) groups is 1. The number of rotatable bonds is 4. The Kier molecular flexibility index (Phi) is 5.98. The predicted molar refractivity (Wildman–Crippen MR) is 102 cm³/mol. The Morgan fingerprint density at radius 3 is 2.83 bits per heavy atom. The minimum Gasteiger partial charge on any atom is -0.496 e. The van der Waals surface area contributed by atoms with Crippen LogP contribution in [0.3, 0.4) is 0 Å². The number of nitrogens with one attached hydrogen (secondary N) is 1. The third-order valence-electron chi connectivity index (χ3n) is 4.01. The first-order valence-electron chi connectivity index (χ1n) is 7.45. The summed E-state index contributed by atoms with van der Waals surface area (Å²) < 4.78 is 6.09. The normalized spacial score (nSPS) is 19.2. The van der Waals surface area contributed by atoms with Gasteiger partial charge in [-0.15, -0.1) is 0 Å². The maximum Gasteiger partial charge on any atom is 0.271 e. The van der Waals surface area contributed by atoms with E-state index in [1.165, 1.54) is 0 Å². The second kappa shape index (κ2) is 7.77. The van der Waals surface area contributed by atoms with Crippen LogP contribution in [0.1, 0.15) is 37.0 Å². The van der Waals surface area contributed by atoms with Gasteiger partial charge in [0.2, 0.25) is 0 Å². The SMILES string of the molecule is C=C(C)[C@H]1CC=C(C)C(=NNC(=O)c2ccc(OC)c(I)c2)C1. The second-order valence-electron chi connectivity index (χ2n) is 5.72. The molecule has 5 heteroatoms. The average Bonchev–Trinajstić information content (AvgIpc) is 2.53. The molecule has 0 unspecified atom stereocenters. The van der Waals surface area contributed by atoms with Crippen LogP contribution in [0, 0.1) is 9.49 Å². The fraction of sp³-hybridized carbons (Fsp3) is 0.333.